The van der Waals surface area contributed by atoms with Crippen LogP contribution in [0, 0.1) is 5.82 Å². The minimum Gasteiger partial charge on any atom is -0.434 e. The third kappa shape index (κ3) is 4.00. The van der Waals surface area contributed by atoms with Gasteiger partial charge in [-0.05, 0) is 48.2 Å². The van der Waals surface area contributed by atoms with Gasteiger partial charge in [-0.3, -0.25) is 4.31 Å². The Morgan fingerprint density at radius 3 is 2.66 bits per heavy atom. The van der Waals surface area contributed by atoms with Crippen LogP contribution >= 0.6 is 0 Å². The largest absolute Gasteiger partial charge is 0.434 e. The first-order valence-electron chi connectivity index (χ1n) is 9.87. The lowest BCUT2D eigenvalue weighted by atomic mass is 9.96. The zero-order valence-corrected chi connectivity index (χ0v) is 18.4. The third-order valence-corrected chi connectivity index (χ3v) is 6.44. The molecule has 1 aromatic carbocycles. The molecule has 2 N–H and O–H groups in total. The van der Waals surface area contributed by atoms with Crippen molar-refractivity contribution in [1.29, 1.82) is 0 Å². The Morgan fingerprint density at radius 2 is 2.03 bits per heavy atom. The number of benzene rings is 1. The van der Waals surface area contributed by atoms with Crippen molar-refractivity contribution in [2.24, 2.45) is 0 Å². The van der Waals surface area contributed by atoms with Gasteiger partial charge in [0.2, 0.25) is 15.7 Å². The van der Waals surface area contributed by atoms with E-state index in [1.807, 2.05) is 6.92 Å². The maximum absolute atomic E-state index is 13.4. The van der Waals surface area contributed by atoms with Gasteiger partial charge in [-0.2, -0.15) is 4.98 Å². The average Bonchev–Trinajstić information content (AvgIpc) is 3.01. The molecule has 1 aliphatic heterocycles. The van der Waals surface area contributed by atoms with Crippen molar-refractivity contribution in [2.45, 2.75) is 25.4 Å². The van der Waals surface area contributed by atoms with Crippen molar-refractivity contribution in [2.75, 3.05) is 24.2 Å². The van der Waals surface area contributed by atoms with Gasteiger partial charge in [-0.15, -0.1) is 0 Å². The standard InChI is InChI=1S/C21H22FN3O6S/c1-11-8-14(26)10-25(32(3,28)29)19-15(11)9-16-18(31-21(27)23-2)17(30-20(16)24-19)12-4-6-13(22)7-5-12/h4-7,9,11,14,26H,8,10H2,1-3H3,(H,23,27)/t11-,14-/m0/s1. The van der Waals surface area contributed by atoms with Gasteiger partial charge in [0.1, 0.15) is 11.6 Å². The lowest BCUT2D eigenvalue weighted by molar-refractivity contribution is 0.169. The predicted molar refractivity (Wildman–Crippen MR) is 116 cm³/mol. The van der Waals surface area contributed by atoms with E-state index in [1.165, 1.54) is 31.3 Å². The summed E-state index contributed by atoms with van der Waals surface area (Å²) in [5.74, 6) is -0.311. The molecule has 11 heteroatoms. The Morgan fingerprint density at radius 1 is 1.34 bits per heavy atom. The minimum absolute atomic E-state index is 0.0409. The molecule has 170 valence electrons. The van der Waals surface area contributed by atoms with E-state index >= 15 is 0 Å². The van der Waals surface area contributed by atoms with Crippen LogP contribution in [0.4, 0.5) is 15.0 Å². The van der Waals surface area contributed by atoms with E-state index in [1.54, 1.807) is 6.07 Å². The molecule has 32 heavy (non-hydrogen) atoms. The number of fused-ring (bicyclic) bond motifs is 2. The van der Waals surface area contributed by atoms with Gasteiger partial charge in [0.05, 0.1) is 24.3 Å². The molecular weight excluding hydrogens is 441 g/mol. The topological polar surface area (TPSA) is 122 Å². The minimum atomic E-state index is -3.74. The summed E-state index contributed by atoms with van der Waals surface area (Å²) in [4.78, 5) is 16.5. The zero-order chi connectivity index (χ0) is 23.2. The van der Waals surface area contributed by atoms with Gasteiger partial charge < -0.3 is 19.6 Å². The fourth-order valence-corrected chi connectivity index (χ4v) is 4.69. The van der Waals surface area contributed by atoms with E-state index in [4.69, 9.17) is 9.15 Å². The van der Waals surface area contributed by atoms with Crippen LogP contribution in [0.15, 0.2) is 34.7 Å². The van der Waals surface area contributed by atoms with Gasteiger partial charge in [0.15, 0.2) is 11.5 Å². The van der Waals surface area contributed by atoms with Crippen molar-refractivity contribution in [3.63, 3.8) is 0 Å². The highest BCUT2D eigenvalue weighted by atomic mass is 32.2. The number of aliphatic hydroxyl groups excluding tert-OH is 1. The molecule has 1 aliphatic rings. The molecule has 0 saturated carbocycles. The molecular formula is C21H22FN3O6S. The first-order chi connectivity index (χ1) is 15.1. The second kappa shape index (κ2) is 8.06. The van der Waals surface area contributed by atoms with Crippen LogP contribution in [0.1, 0.15) is 24.8 Å². The number of aliphatic hydroxyl groups is 1. The van der Waals surface area contributed by atoms with Crippen LogP contribution in [0.5, 0.6) is 5.75 Å². The number of rotatable bonds is 3. The number of carbonyl (C=O) groups excluding carboxylic acids is 1. The van der Waals surface area contributed by atoms with Crippen molar-refractivity contribution >= 4 is 33.0 Å². The Kier molecular flexibility index (Phi) is 5.55. The highest BCUT2D eigenvalue weighted by Gasteiger charge is 2.33. The van der Waals surface area contributed by atoms with Crippen LogP contribution in [0.3, 0.4) is 0 Å². The summed E-state index contributed by atoms with van der Waals surface area (Å²) in [5, 5.41) is 13.0. The number of furan rings is 1. The van der Waals surface area contributed by atoms with Crippen LogP contribution in [-0.2, 0) is 10.0 Å². The number of hydrogen-bond donors (Lipinski definition) is 2. The highest BCUT2D eigenvalue weighted by molar-refractivity contribution is 7.92. The monoisotopic (exact) mass is 463 g/mol. The van der Waals surface area contributed by atoms with Crippen LogP contribution < -0.4 is 14.4 Å². The molecule has 3 aromatic rings. The number of sulfonamides is 1. The lowest BCUT2D eigenvalue weighted by Crippen LogP contribution is -2.36. The average molecular weight is 463 g/mol. The quantitative estimate of drug-likeness (QED) is 0.612. The zero-order valence-electron chi connectivity index (χ0n) is 17.6. The van der Waals surface area contributed by atoms with E-state index in [0.29, 0.717) is 22.9 Å². The van der Waals surface area contributed by atoms with E-state index < -0.39 is 28.0 Å². The number of nitrogens with one attached hydrogen (secondary N) is 1. The number of ether oxygens (including phenoxy) is 1. The summed E-state index contributed by atoms with van der Waals surface area (Å²) < 4.78 is 50.7. The molecule has 9 nitrogen and oxygen atoms in total. The number of carbonyl (C=O) groups is 1. The maximum Gasteiger partial charge on any atom is 0.412 e. The molecule has 0 saturated heterocycles. The number of halogens is 1. The number of nitrogens with zero attached hydrogens (tertiary/aromatic N) is 2. The van der Waals surface area contributed by atoms with E-state index in [2.05, 4.69) is 10.3 Å². The molecule has 2 aromatic heterocycles. The number of pyridine rings is 1. The van der Waals surface area contributed by atoms with Crippen molar-refractivity contribution in [3.8, 4) is 17.1 Å². The molecule has 1 amide bonds. The van der Waals surface area contributed by atoms with Crippen molar-refractivity contribution in [3.05, 3.63) is 41.7 Å². The lowest BCUT2D eigenvalue weighted by Gasteiger charge is -2.22. The Hall–Kier alpha value is -3.18. The van der Waals surface area contributed by atoms with E-state index in [-0.39, 0.29) is 35.5 Å². The number of amides is 1. The molecule has 0 radical (unpaired) electrons. The number of hydrogen-bond acceptors (Lipinski definition) is 7. The maximum atomic E-state index is 13.4. The fraction of sp³-hybridized carbons (Fsp3) is 0.333. The Labute approximate surface area is 183 Å². The normalized spacial score (nSPS) is 18.8. The summed E-state index contributed by atoms with van der Waals surface area (Å²) in [5.41, 5.74) is 1.05. The summed E-state index contributed by atoms with van der Waals surface area (Å²) in [6, 6.07) is 7.08. The molecule has 3 heterocycles. The molecule has 2 atom stereocenters. The SMILES string of the molecule is CNC(=O)Oc1c(-c2ccc(F)cc2)oc2nc3c(cc12)[C@@H](C)C[C@H](O)CN3S(C)(=O)=O. The second-order valence-corrected chi connectivity index (χ2v) is 9.65. The van der Waals surface area contributed by atoms with Crippen LogP contribution in [0.25, 0.3) is 22.4 Å². The molecule has 0 bridgehead atoms. The number of β-amino-alcohol motifs (C(OH)–C–C–N with tert-alkyl or cyclic N) is 1. The molecule has 4 rings (SSSR count). The van der Waals surface area contributed by atoms with E-state index in [0.717, 1.165) is 10.6 Å². The summed E-state index contributed by atoms with van der Waals surface area (Å²) in [7, 11) is -2.34. The molecule has 0 aliphatic carbocycles. The molecule has 0 fully saturated rings. The van der Waals surface area contributed by atoms with Crippen LogP contribution in [-0.4, -0.2) is 50.6 Å². The highest BCUT2D eigenvalue weighted by Crippen LogP contribution is 2.44. The first kappa shape index (κ1) is 22.0. The van der Waals surface area contributed by atoms with Crippen molar-refractivity contribution in [1.82, 2.24) is 10.3 Å². The summed E-state index contributed by atoms with van der Waals surface area (Å²) >= 11 is 0. The van der Waals surface area contributed by atoms with Gasteiger partial charge in [-0.25, -0.2) is 17.6 Å². The van der Waals surface area contributed by atoms with Gasteiger partial charge in [0.25, 0.3) is 0 Å². The first-order valence-corrected chi connectivity index (χ1v) is 11.7. The summed E-state index contributed by atoms with van der Waals surface area (Å²) in [6.45, 7) is 1.71. The molecule has 0 unspecified atom stereocenters. The Balaban J connectivity index is 1.99. The second-order valence-electron chi connectivity index (χ2n) is 7.75. The van der Waals surface area contributed by atoms with Gasteiger partial charge in [0, 0.05) is 12.6 Å². The van der Waals surface area contributed by atoms with Gasteiger partial charge in [-0.1, -0.05) is 6.92 Å². The number of aromatic nitrogens is 1. The van der Waals surface area contributed by atoms with Gasteiger partial charge >= 0.3 is 6.09 Å². The fourth-order valence-electron chi connectivity index (χ4n) is 3.79. The smallest absolute Gasteiger partial charge is 0.412 e. The van der Waals surface area contributed by atoms with Crippen molar-refractivity contribution < 1.29 is 31.9 Å². The summed E-state index contributed by atoms with van der Waals surface area (Å²) in [6.07, 6.45) is -0.262. The predicted octanol–water partition coefficient (Wildman–Crippen LogP) is 2.99. The number of anilines is 1. The third-order valence-electron chi connectivity index (χ3n) is 5.32. The van der Waals surface area contributed by atoms with E-state index in [9.17, 15) is 22.7 Å². The molecule has 0 spiro atoms. The van der Waals surface area contributed by atoms with Crippen LogP contribution in [0.2, 0.25) is 0 Å². The Bertz CT molecular complexity index is 1290.